The van der Waals surface area contributed by atoms with Crippen molar-refractivity contribution in [3.05, 3.63) is 33.4 Å². The Morgan fingerprint density at radius 1 is 1.37 bits per heavy atom. The van der Waals surface area contributed by atoms with Crippen LogP contribution in [0.25, 0.3) is 0 Å². The largest absolute Gasteiger partial charge is 0.424 e. The van der Waals surface area contributed by atoms with Crippen LogP contribution < -0.4 is 5.56 Å². The fourth-order valence-corrected chi connectivity index (χ4v) is 3.01. The van der Waals surface area contributed by atoms with Gasteiger partial charge in [0.2, 0.25) is 11.8 Å². The minimum absolute atomic E-state index is 0.0149. The molecule has 1 aliphatic rings. The second kappa shape index (κ2) is 4.80. The Hall–Kier alpha value is -1.63. The van der Waals surface area contributed by atoms with E-state index in [0.29, 0.717) is 16.9 Å². The molecule has 2 aromatic heterocycles. The van der Waals surface area contributed by atoms with E-state index in [2.05, 4.69) is 20.2 Å². The zero-order valence-corrected chi connectivity index (χ0v) is 11.6. The summed E-state index contributed by atoms with van der Waals surface area (Å²) in [6.07, 6.45) is 2.74. The van der Waals surface area contributed by atoms with Gasteiger partial charge in [0.15, 0.2) is 5.16 Å². The molecule has 0 fully saturated rings. The molecule has 0 saturated heterocycles. The van der Waals surface area contributed by atoms with Gasteiger partial charge in [-0.3, -0.25) is 4.79 Å². The van der Waals surface area contributed by atoms with Crippen LogP contribution in [0.4, 0.5) is 0 Å². The molecule has 1 atom stereocenters. The van der Waals surface area contributed by atoms with Gasteiger partial charge in [-0.1, -0.05) is 11.8 Å². The van der Waals surface area contributed by atoms with E-state index in [1.54, 1.807) is 6.92 Å². The molecule has 0 spiro atoms. The summed E-state index contributed by atoms with van der Waals surface area (Å²) >= 11 is 1.43. The van der Waals surface area contributed by atoms with Gasteiger partial charge in [0.1, 0.15) is 0 Å². The van der Waals surface area contributed by atoms with Crippen LogP contribution in [0, 0.1) is 6.92 Å². The van der Waals surface area contributed by atoms with Gasteiger partial charge in [0.05, 0.1) is 10.9 Å². The molecule has 0 aliphatic heterocycles. The Morgan fingerprint density at radius 3 is 2.95 bits per heavy atom. The fourth-order valence-electron chi connectivity index (χ4n) is 2.17. The lowest BCUT2D eigenvalue weighted by atomic mass is 10.3. The molecular weight excluding hydrogens is 264 g/mol. The van der Waals surface area contributed by atoms with E-state index >= 15 is 0 Å². The van der Waals surface area contributed by atoms with Gasteiger partial charge >= 0.3 is 0 Å². The fraction of sp³-hybridized carbons (Fsp3) is 0.500. The van der Waals surface area contributed by atoms with E-state index in [1.807, 2.05) is 6.92 Å². The average Bonchev–Trinajstić information content (AvgIpc) is 2.97. The first-order chi connectivity index (χ1) is 9.13. The zero-order valence-electron chi connectivity index (χ0n) is 10.8. The van der Waals surface area contributed by atoms with Crippen molar-refractivity contribution in [1.29, 1.82) is 0 Å². The number of aryl methyl sites for hydroxylation is 2. The van der Waals surface area contributed by atoms with Crippen LogP contribution in [0.1, 0.15) is 41.6 Å². The molecule has 0 saturated carbocycles. The van der Waals surface area contributed by atoms with Crippen molar-refractivity contribution in [2.45, 2.75) is 43.5 Å². The molecule has 0 unspecified atom stereocenters. The summed E-state index contributed by atoms with van der Waals surface area (Å²) in [5, 5.41) is 8.36. The first kappa shape index (κ1) is 12.4. The Morgan fingerprint density at radius 2 is 2.21 bits per heavy atom. The van der Waals surface area contributed by atoms with Crippen molar-refractivity contribution in [1.82, 2.24) is 20.2 Å². The van der Waals surface area contributed by atoms with Gasteiger partial charge in [0.25, 0.3) is 5.56 Å². The topological polar surface area (TPSA) is 84.7 Å². The second-order valence-electron chi connectivity index (χ2n) is 4.57. The highest BCUT2D eigenvalue weighted by Crippen LogP contribution is 2.32. The molecule has 3 rings (SSSR count). The lowest BCUT2D eigenvalue weighted by Gasteiger charge is -2.07. The Labute approximate surface area is 114 Å². The summed E-state index contributed by atoms with van der Waals surface area (Å²) < 4.78 is 5.38. The van der Waals surface area contributed by atoms with Gasteiger partial charge in [-0.15, -0.1) is 10.2 Å². The van der Waals surface area contributed by atoms with Crippen LogP contribution in [0.3, 0.4) is 0 Å². The third-order valence-corrected chi connectivity index (χ3v) is 4.07. The van der Waals surface area contributed by atoms with Gasteiger partial charge in [0, 0.05) is 12.5 Å². The third kappa shape index (κ3) is 2.42. The van der Waals surface area contributed by atoms with Crippen LogP contribution in [0.2, 0.25) is 0 Å². The average molecular weight is 278 g/mol. The number of aromatic nitrogens is 4. The van der Waals surface area contributed by atoms with Gasteiger partial charge in [-0.25, -0.2) is 4.98 Å². The van der Waals surface area contributed by atoms with Gasteiger partial charge < -0.3 is 9.40 Å². The van der Waals surface area contributed by atoms with Gasteiger partial charge in [-0.05, 0) is 26.2 Å². The molecule has 1 N–H and O–H groups in total. The first-order valence-corrected chi connectivity index (χ1v) is 7.10. The monoisotopic (exact) mass is 278 g/mol. The maximum atomic E-state index is 11.9. The normalized spacial score (nSPS) is 15.5. The lowest BCUT2D eigenvalue weighted by Crippen LogP contribution is -2.15. The smallest absolute Gasteiger partial charge is 0.254 e. The molecule has 0 radical (unpaired) electrons. The quantitative estimate of drug-likeness (QED) is 0.680. The minimum atomic E-state index is -0.0381. The van der Waals surface area contributed by atoms with Crippen LogP contribution in [0.15, 0.2) is 14.4 Å². The molecule has 2 aromatic rings. The van der Waals surface area contributed by atoms with Crippen molar-refractivity contribution in [2.75, 3.05) is 0 Å². The standard InChI is InChI=1S/C12H14N4O2S/c1-6(11-16-15-7(2)18-11)19-12-13-9-5-3-4-8(9)10(17)14-12/h6H,3-5H2,1-2H3,(H,13,14,17)/t6-/m0/s1. The van der Waals surface area contributed by atoms with E-state index < -0.39 is 0 Å². The molecule has 0 aromatic carbocycles. The Bertz CT molecular complexity index is 664. The van der Waals surface area contributed by atoms with Crippen molar-refractivity contribution in [2.24, 2.45) is 0 Å². The number of thioether (sulfide) groups is 1. The predicted octanol–water partition coefficient (Wildman–Crippen LogP) is 1.80. The highest BCUT2D eigenvalue weighted by molar-refractivity contribution is 7.99. The molecule has 6 nitrogen and oxygen atoms in total. The van der Waals surface area contributed by atoms with Crippen molar-refractivity contribution in [3.63, 3.8) is 0 Å². The molecule has 0 bridgehead atoms. The summed E-state index contributed by atoms with van der Waals surface area (Å²) in [6.45, 7) is 3.70. The number of H-pyrrole nitrogens is 1. The van der Waals surface area contributed by atoms with E-state index in [-0.39, 0.29) is 10.8 Å². The maximum absolute atomic E-state index is 11.9. The van der Waals surface area contributed by atoms with Crippen LogP contribution in [-0.4, -0.2) is 20.2 Å². The van der Waals surface area contributed by atoms with Crippen molar-refractivity contribution in [3.8, 4) is 0 Å². The molecule has 19 heavy (non-hydrogen) atoms. The molecule has 100 valence electrons. The Balaban J connectivity index is 1.84. The number of nitrogens with one attached hydrogen (secondary N) is 1. The van der Waals surface area contributed by atoms with E-state index in [0.717, 1.165) is 30.5 Å². The number of aromatic amines is 1. The maximum Gasteiger partial charge on any atom is 0.254 e. The first-order valence-electron chi connectivity index (χ1n) is 6.22. The number of hydrogen-bond donors (Lipinski definition) is 1. The zero-order chi connectivity index (χ0) is 13.4. The van der Waals surface area contributed by atoms with E-state index in [9.17, 15) is 4.79 Å². The Kier molecular flexibility index (Phi) is 3.14. The molecule has 0 amide bonds. The van der Waals surface area contributed by atoms with Crippen molar-refractivity contribution < 1.29 is 4.42 Å². The predicted molar refractivity (Wildman–Crippen MR) is 70.2 cm³/mol. The molecule has 1 aliphatic carbocycles. The molecule has 7 heteroatoms. The lowest BCUT2D eigenvalue weighted by molar-refractivity contribution is 0.470. The third-order valence-electron chi connectivity index (χ3n) is 3.10. The second-order valence-corrected chi connectivity index (χ2v) is 5.90. The SMILES string of the molecule is Cc1nnc([C@H](C)Sc2nc3c(c(=O)[nH]2)CCC3)o1. The van der Waals surface area contributed by atoms with Crippen molar-refractivity contribution >= 4 is 11.8 Å². The van der Waals surface area contributed by atoms with Crippen LogP contribution >= 0.6 is 11.8 Å². The number of hydrogen-bond acceptors (Lipinski definition) is 6. The van der Waals surface area contributed by atoms with Gasteiger partial charge in [-0.2, -0.15) is 0 Å². The summed E-state index contributed by atoms with van der Waals surface area (Å²) in [7, 11) is 0. The molecular formula is C12H14N4O2S. The summed E-state index contributed by atoms with van der Waals surface area (Å²) in [6, 6.07) is 0. The number of rotatable bonds is 3. The number of nitrogens with zero attached hydrogens (tertiary/aromatic N) is 3. The highest BCUT2D eigenvalue weighted by Gasteiger charge is 2.20. The summed E-state index contributed by atoms with van der Waals surface area (Å²) in [5.41, 5.74) is 1.75. The summed E-state index contributed by atoms with van der Waals surface area (Å²) in [5.74, 6) is 1.09. The number of fused-ring (bicyclic) bond motifs is 1. The molecule has 2 heterocycles. The van der Waals surface area contributed by atoms with Crippen LogP contribution in [-0.2, 0) is 12.8 Å². The summed E-state index contributed by atoms with van der Waals surface area (Å²) in [4.78, 5) is 19.2. The van der Waals surface area contributed by atoms with E-state index in [4.69, 9.17) is 4.42 Å². The van der Waals surface area contributed by atoms with Crippen LogP contribution in [0.5, 0.6) is 0 Å². The highest BCUT2D eigenvalue weighted by atomic mass is 32.2. The minimum Gasteiger partial charge on any atom is -0.424 e. The van der Waals surface area contributed by atoms with E-state index in [1.165, 1.54) is 11.8 Å².